The van der Waals surface area contributed by atoms with Crippen LogP contribution < -0.4 is 4.74 Å². The third-order valence-electron chi connectivity index (χ3n) is 4.19. The topological polar surface area (TPSA) is 49.7 Å². The number of phenols is 2. The molecule has 0 aliphatic carbocycles. The Hall–Kier alpha value is -2.16. The Morgan fingerprint density at radius 2 is 1.86 bits per heavy atom. The molecule has 0 bridgehead atoms. The number of hydrogen-bond donors (Lipinski definition) is 2. The Morgan fingerprint density at radius 3 is 2.62 bits per heavy atom. The maximum absolute atomic E-state index is 10.2. The molecule has 21 heavy (non-hydrogen) atoms. The summed E-state index contributed by atoms with van der Waals surface area (Å²) in [6, 6.07) is 8.71. The molecule has 1 aliphatic heterocycles. The van der Waals surface area contributed by atoms with E-state index in [0.717, 1.165) is 47.5 Å². The number of unbranched alkanes of at least 4 members (excludes halogenated alkanes) is 1. The average molecular weight is 284 g/mol. The predicted molar refractivity (Wildman–Crippen MR) is 82.4 cm³/mol. The van der Waals surface area contributed by atoms with Crippen molar-refractivity contribution in [3.05, 3.63) is 47.0 Å². The molecule has 0 amide bonds. The standard InChI is InChI=1S/C18H20O3/c1-3-4-5-13-15(20)7-9-17-18(13)11(2)14-10-12(19)6-8-16(14)21-17/h6-11,19-20H,3-5H2,1-2H3. The average Bonchev–Trinajstić information content (AvgIpc) is 2.48. The van der Waals surface area contributed by atoms with Gasteiger partial charge in [0, 0.05) is 22.6 Å². The quantitative estimate of drug-likeness (QED) is 0.859. The molecule has 3 rings (SSSR count). The SMILES string of the molecule is CCCCc1c(O)ccc2c1C(C)c1cc(O)ccc1O2. The highest BCUT2D eigenvalue weighted by Gasteiger charge is 2.28. The minimum absolute atomic E-state index is 0.0924. The van der Waals surface area contributed by atoms with Crippen LogP contribution in [0.2, 0.25) is 0 Å². The summed E-state index contributed by atoms with van der Waals surface area (Å²) < 4.78 is 5.96. The van der Waals surface area contributed by atoms with Crippen LogP contribution in [0.15, 0.2) is 30.3 Å². The van der Waals surface area contributed by atoms with Crippen molar-refractivity contribution in [2.75, 3.05) is 0 Å². The molecule has 3 heteroatoms. The van der Waals surface area contributed by atoms with Crippen molar-refractivity contribution in [2.45, 2.75) is 39.0 Å². The summed E-state index contributed by atoms with van der Waals surface area (Å²) in [5.41, 5.74) is 2.98. The second kappa shape index (κ2) is 5.32. The molecule has 2 aromatic rings. The molecule has 3 nitrogen and oxygen atoms in total. The van der Waals surface area contributed by atoms with Crippen molar-refractivity contribution in [1.29, 1.82) is 0 Å². The van der Waals surface area contributed by atoms with E-state index in [1.165, 1.54) is 0 Å². The lowest BCUT2D eigenvalue weighted by molar-refractivity contribution is 0.429. The lowest BCUT2D eigenvalue weighted by Gasteiger charge is -2.28. The van der Waals surface area contributed by atoms with E-state index in [9.17, 15) is 10.2 Å². The van der Waals surface area contributed by atoms with Gasteiger partial charge in [0.25, 0.3) is 0 Å². The fourth-order valence-corrected chi connectivity index (χ4v) is 3.05. The van der Waals surface area contributed by atoms with Gasteiger partial charge in [-0.2, -0.15) is 0 Å². The van der Waals surface area contributed by atoms with Gasteiger partial charge in [-0.3, -0.25) is 0 Å². The molecular formula is C18H20O3. The molecule has 2 N–H and O–H groups in total. The van der Waals surface area contributed by atoms with Crippen LogP contribution in [0.5, 0.6) is 23.0 Å². The summed E-state index contributed by atoms with van der Waals surface area (Å²) in [6.45, 7) is 4.23. The second-order valence-electron chi connectivity index (χ2n) is 5.62. The van der Waals surface area contributed by atoms with Crippen LogP contribution in [-0.2, 0) is 6.42 Å². The van der Waals surface area contributed by atoms with E-state index in [1.807, 2.05) is 6.07 Å². The zero-order chi connectivity index (χ0) is 15.0. The highest BCUT2D eigenvalue weighted by atomic mass is 16.5. The number of rotatable bonds is 3. The van der Waals surface area contributed by atoms with E-state index >= 15 is 0 Å². The van der Waals surface area contributed by atoms with Gasteiger partial charge in [0.15, 0.2) is 0 Å². The Bertz CT molecular complexity index is 676. The molecule has 0 saturated heterocycles. The minimum atomic E-state index is 0.0924. The zero-order valence-corrected chi connectivity index (χ0v) is 12.4. The van der Waals surface area contributed by atoms with Gasteiger partial charge in [0.2, 0.25) is 0 Å². The van der Waals surface area contributed by atoms with Gasteiger partial charge in [-0.15, -0.1) is 0 Å². The van der Waals surface area contributed by atoms with Crippen LogP contribution in [0.1, 0.15) is 49.3 Å². The van der Waals surface area contributed by atoms with Crippen molar-refractivity contribution in [3.63, 3.8) is 0 Å². The second-order valence-corrected chi connectivity index (χ2v) is 5.62. The molecule has 0 radical (unpaired) electrons. The summed E-state index contributed by atoms with van der Waals surface area (Å²) >= 11 is 0. The first-order valence-corrected chi connectivity index (χ1v) is 7.47. The first kappa shape index (κ1) is 13.8. The molecule has 1 unspecified atom stereocenters. The van der Waals surface area contributed by atoms with Gasteiger partial charge in [-0.25, -0.2) is 0 Å². The van der Waals surface area contributed by atoms with Crippen LogP contribution in [0.25, 0.3) is 0 Å². The normalized spacial score (nSPS) is 16.0. The van der Waals surface area contributed by atoms with E-state index in [1.54, 1.807) is 24.3 Å². The lowest BCUT2D eigenvalue weighted by atomic mass is 9.84. The Labute approximate surface area is 124 Å². The zero-order valence-electron chi connectivity index (χ0n) is 12.4. The van der Waals surface area contributed by atoms with Crippen LogP contribution in [0, 0.1) is 0 Å². The van der Waals surface area contributed by atoms with E-state index in [4.69, 9.17) is 4.74 Å². The minimum Gasteiger partial charge on any atom is -0.508 e. The smallest absolute Gasteiger partial charge is 0.131 e. The van der Waals surface area contributed by atoms with Crippen LogP contribution in [-0.4, -0.2) is 10.2 Å². The molecule has 0 fully saturated rings. The van der Waals surface area contributed by atoms with Crippen molar-refractivity contribution in [1.82, 2.24) is 0 Å². The lowest BCUT2D eigenvalue weighted by Crippen LogP contribution is -2.10. The molecule has 0 aromatic heterocycles. The highest BCUT2D eigenvalue weighted by molar-refractivity contribution is 5.60. The highest BCUT2D eigenvalue weighted by Crippen LogP contribution is 2.48. The van der Waals surface area contributed by atoms with Crippen LogP contribution in [0.3, 0.4) is 0 Å². The fourth-order valence-electron chi connectivity index (χ4n) is 3.05. The van der Waals surface area contributed by atoms with E-state index < -0.39 is 0 Å². The van der Waals surface area contributed by atoms with Gasteiger partial charge in [0.1, 0.15) is 23.0 Å². The molecule has 2 aromatic carbocycles. The first-order chi connectivity index (χ1) is 10.1. The summed E-state index contributed by atoms with van der Waals surface area (Å²) in [4.78, 5) is 0. The monoisotopic (exact) mass is 284 g/mol. The number of benzene rings is 2. The first-order valence-electron chi connectivity index (χ1n) is 7.47. The summed E-state index contributed by atoms with van der Waals surface area (Å²) in [5, 5.41) is 19.9. The van der Waals surface area contributed by atoms with Gasteiger partial charge in [-0.1, -0.05) is 20.3 Å². The van der Waals surface area contributed by atoms with Gasteiger partial charge in [-0.05, 0) is 43.2 Å². The summed E-state index contributed by atoms with van der Waals surface area (Å²) in [7, 11) is 0. The Morgan fingerprint density at radius 1 is 1.10 bits per heavy atom. The Balaban J connectivity index is 2.12. The van der Waals surface area contributed by atoms with E-state index in [0.29, 0.717) is 5.75 Å². The number of phenolic OH excluding ortho intramolecular Hbond substituents is 2. The molecule has 1 aliphatic rings. The fraction of sp³-hybridized carbons (Fsp3) is 0.333. The number of hydrogen-bond acceptors (Lipinski definition) is 3. The maximum atomic E-state index is 10.2. The van der Waals surface area contributed by atoms with Crippen molar-refractivity contribution in [2.24, 2.45) is 0 Å². The number of aromatic hydroxyl groups is 2. The van der Waals surface area contributed by atoms with Crippen LogP contribution in [0.4, 0.5) is 0 Å². The molecule has 1 heterocycles. The van der Waals surface area contributed by atoms with Crippen LogP contribution >= 0.6 is 0 Å². The van der Waals surface area contributed by atoms with E-state index in [2.05, 4.69) is 13.8 Å². The summed E-state index contributed by atoms with van der Waals surface area (Å²) in [5.74, 6) is 2.25. The molecule has 1 atom stereocenters. The summed E-state index contributed by atoms with van der Waals surface area (Å²) in [6.07, 6.45) is 2.95. The predicted octanol–water partition coefficient (Wildman–Crippen LogP) is 4.70. The maximum Gasteiger partial charge on any atom is 0.131 e. The van der Waals surface area contributed by atoms with Crippen molar-refractivity contribution >= 4 is 0 Å². The molecule has 0 saturated carbocycles. The van der Waals surface area contributed by atoms with Crippen molar-refractivity contribution < 1.29 is 14.9 Å². The Kier molecular flexibility index (Phi) is 3.50. The third-order valence-corrected chi connectivity index (χ3v) is 4.19. The molecular weight excluding hydrogens is 264 g/mol. The third kappa shape index (κ3) is 2.33. The molecule has 110 valence electrons. The largest absolute Gasteiger partial charge is 0.508 e. The number of fused-ring (bicyclic) bond motifs is 2. The van der Waals surface area contributed by atoms with Gasteiger partial charge in [0.05, 0.1) is 0 Å². The van der Waals surface area contributed by atoms with Gasteiger partial charge >= 0.3 is 0 Å². The van der Waals surface area contributed by atoms with E-state index in [-0.39, 0.29) is 11.7 Å². The number of ether oxygens (including phenoxy) is 1. The van der Waals surface area contributed by atoms with Gasteiger partial charge < -0.3 is 14.9 Å². The molecule has 0 spiro atoms. The van der Waals surface area contributed by atoms with Crippen molar-refractivity contribution in [3.8, 4) is 23.0 Å².